The second kappa shape index (κ2) is 4.74. The number of fused-ring (bicyclic) bond motifs is 1. The Morgan fingerprint density at radius 2 is 2.00 bits per heavy atom. The number of nitrogens with one attached hydrogen (secondary N) is 1. The Morgan fingerprint density at radius 3 is 2.62 bits per heavy atom. The van der Waals surface area contributed by atoms with E-state index in [-0.39, 0.29) is 5.91 Å². The van der Waals surface area contributed by atoms with E-state index < -0.39 is 0 Å². The van der Waals surface area contributed by atoms with E-state index in [0.717, 1.165) is 15.8 Å². The molecule has 5 heteroatoms. The van der Waals surface area contributed by atoms with Gasteiger partial charge in [0.05, 0.1) is 6.42 Å². The third-order valence-corrected chi connectivity index (χ3v) is 3.08. The van der Waals surface area contributed by atoms with Gasteiger partial charge in [-0.25, -0.2) is 0 Å². The van der Waals surface area contributed by atoms with Gasteiger partial charge in [-0.1, -0.05) is 15.9 Å². The summed E-state index contributed by atoms with van der Waals surface area (Å²) in [5.74, 6) is 1.39. The highest BCUT2D eigenvalue weighted by atomic mass is 79.9. The van der Waals surface area contributed by atoms with E-state index in [4.69, 9.17) is 9.47 Å². The summed E-state index contributed by atoms with van der Waals surface area (Å²) in [5.41, 5.74) is 0.892. The first-order valence-corrected chi connectivity index (χ1v) is 5.78. The number of carbonyl (C=O) groups excluding carboxylic acids is 1. The maximum atomic E-state index is 11.3. The molecule has 1 aliphatic heterocycles. The molecule has 1 N–H and O–H groups in total. The molecule has 0 unspecified atom stereocenters. The molecule has 1 amide bonds. The third kappa shape index (κ3) is 2.29. The minimum atomic E-state index is -0.0302. The van der Waals surface area contributed by atoms with E-state index >= 15 is 0 Å². The number of hydrogen-bond acceptors (Lipinski definition) is 3. The van der Waals surface area contributed by atoms with Gasteiger partial charge in [0.1, 0.15) is 13.2 Å². The minimum Gasteiger partial charge on any atom is -0.486 e. The highest BCUT2D eigenvalue weighted by Gasteiger charge is 2.15. The predicted molar refractivity (Wildman–Crippen MR) is 62.9 cm³/mol. The average Bonchev–Trinajstić information content (AvgIpc) is 2.30. The molecule has 1 aromatic carbocycles. The lowest BCUT2D eigenvalue weighted by Crippen LogP contribution is -2.21. The standard InChI is InChI=1S/C11H12BrNO3/c1-13-11(14)5-7-4-9-10(6-8(7)12)16-3-2-15-9/h4,6H,2-3,5H2,1H3,(H,13,14). The molecule has 1 aliphatic rings. The lowest BCUT2D eigenvalue weighted by Gasteiger charge is -2.19. The van der Waals surface area contributed by atoms with Crippen molar-refractivity contribution in [3.05, 3.63) is 22.2 Å². The van der Waals surface area contributed by atoms with Gasteiger partial charge in [-0.15, -0.1) is 0 Å². The highest BCUT2D eigenvalue weighted by molar-refractivity contribution is 9.10. The van der Waals surface area contributed by atoms with E-state index in [1.54, 1.807) is 7.05 Å². The van der Waals surface area contributed by atoms with Gasteiger partial charge in [0.2, 0.25) is 5.91 Å². The van der Waals surface area contributed by atoms with Gasteiger partial charge >= 0.3 is 0 Å². The molecule has 0 fully saturated rings. The zero-order valence-electron chi connectivity index (χ0n) is 8.88. The normalized spacial score (nSPS) is 13.4. The summed E-state index contributed by atoms with van der Waals surface area (Å²) in [6.07, 6.45) is 0.327. The molecular weight excluding hydrogens is 274 g/mol. The molecule has 0 bridgehead atoms. The Labute approximate surface area is 102 Å². The zero-order valence-corrected chi connectivity index (χ0v) is 10.5. The summed E-state index contributed by atoms with van der Waals surface area (Å²) in [7, 11) is 1.62. The molecule has 4 nitrogen and oxygen atoms in total. The monoisotopic (exact) mass is 285 g/mol. The van der Waals surface area contributed by atoms with Crippen LogP contribution >= 0.6 is 15.9 Å². The van der Waals surface area contributed by atoms with Crippen molar-refractivity contribution in [3.8, 4) is 11.5 Å². The summed E-state index contributed by atoms with van der Waals surface area (Å²) >= 11 is 3.42. The summed E-state index contributed by atoms with van der Waals surface area (Å²) < 4.78 is 11.8. The molecule has 16 heavy (non-hydrogen) atoms. The van der Waals surface area contributed by atoms with Gasteiger partial charge in [-0.2, -0.15) is 0 Å². The fourth-order valence-electron chi connectivity index (χ4n) is 1.50. The molecule has 0 saturated heterocycles. The largest absolute Gasteiger partial charge is 0.486 e. The number of benzene rings is 1. The van der Waals surface area contributed by atoms with Crippen molar-refractivity contribution in [2.45, 2.75) is 6.42 Å². The van der Waals surface area contributed by atoms with Gasteiger partial charge < -0.3 is 14.8 Å². The van der Waals surface area contributed by atoms with Crippen LogP contribution in [0.25, 0.3) is 0 Å². The van der Waals surface area contributed by atoms with Crippen LogP contribution in [-0.2, 0) is 11.2 Å². The second-order valence-corrected chi connectivity index (χ2v) is 4.29. The molecule has 0 aliphatic carbocycles. The third-order valence-electron chi connectivity index (χ3n) is 2.34. The Bertz CT molecular complexity index is 420. The molecule has 1 aromatic rings. The summed E-state index contributed by atoms with van der Waals surface area (Å²) in [6.45, 7) is 1.11. The van der Waals surface area contributed by atoms with Crippen LogP contribution in [0.4, 0.5) is 0 Å². The molecule has 1 heterocycles. The van der Waals surface area contributed by atoms with Crippen molar-refractivity contribution in [2.75, 3.05) is 20.3 Å². The molecular formula is C11H12BrNO3. The van der Waals surface area contributed by atoms with E-state index in [1.807, 2.05) is 12.1 Å². The summed E-state index contributed by atoms with van der Waals surface area (Å²) in [6, 6.07) is 3.68. The van der Waals surface area contributed by atoms with Crippen LogP contribution in [0.5, 0.6) is 11.5 Å². The van der Waals surface area contributed by atoms with Crippen molar-refractivity contribution < 1.29 is 14.3 Å². The van der Waals surface area contributed by atoms with E-state index in [9.17, 15) is 4.79 Å². The van der Waals surface area contributed by atoms with Gasteiger partial charge in [0.25, 0.3) is 0 Å². The molecule has 2 rings (SSSR count). The molecule has 0 aromatic heterocycles. The van der Waals surface area contributed by atoms with Crippen molar-refractivity contribution in [1.29, 1.82) is 0 Å². The quantitative estimate of drug-likeness (QED) is 0.896. The Morgan fingerprint density at radius 1 is 1.38 bits per heavy atom. The first-order valence-electron chi connectivity index (χ1n) is 4.99. The van der Waals surface area contributed by atoms with Crippen LogP contribution < -0.4 is 14.8 Å². The topological polar surface area (TPSA) is 47.6 Å². The second-order valence-electron chi connectivity index (χ2n) is 3.44. The first kappa shape index (κ1) is 11.3. The average molecular weight is 286 g/mol. The molecule has 0 saturated carbocycles. The summed E-state index contributed by atoms with van der Waals surface area (Å²) in [5, 5.41) is 2.59. The number of rotatable bonds is 2. The molecule has 86 valence electrons. The molecule has 0 spiro atoms. The van der Waals surface area contributed by atoms with Crippen molar-refractivity contribution in [1.82, 2.24) is 5.32 Å². The number of carbonyl (C=O) groups is 1. The van der Waals surface area contributed by atoms with E-state index in [2.05, 4.69) is 21.2 Å². The van der Waals surface area contributed by atoms with E-state index in [0.29, 0.717) is 25.4 Å². The maximum Gasteiger partial charge on any atom is 0.224 e. The lowest BCUT2D eigenvalue weighted by atomic mass is 10.1. The highest BCUT2D eigenvalue weighted by Crippen LogP contribution is 2.35. The number of ether oxygens (including phenoxy) is 2. The van der Waals surface area contributed by atoms with Gasteiger partial charge in [-0.05, 0) is 17.7 Å². The maximum absolute atomic E-state index is 11.3. The van der Waals surface area contributed by atoms with Crippen molar-refractivity contribution in [2.24, 2.45) is 0 Å². The lowest BCUT2D eigenvalue weighted by molar-refractivity contribution is -0.119. The van der Waals surface area contributed by atoms with Gasteiger partial charge in [-0.3, -0.25) is 4.79 Å². The zero-order chi connectivity index (χ0) is 11.5. The number of halogens is 1. The van der Waals surface area contributed by atoms with Crippen LogP contribution in [0.3, 0.4) is 0 Å². The SMILES string of the molecule is CNC(=O)Cc1cc2c(cc1Br)OCCO2. The van der Waals surface area contributed by atoms with Crippen LogP contribution in [0.15, 0.2) is 16.6 Å². The Kier molecular flexibility index (Phi) is 3.33. The van der Waals surface area contributed by atoms with Gasteiger partial charge in [0.15, 0.2) is 11.5 Å². The fraction of sp³-hybridized carbons (Fsp3) is 0.364. The summed E-state index contributed by atoms with van der Waals surface area (Å²) in [4.78, 5) is 11.3. The van der Waals surface area contributed by atoms with Crippen molar-refractivity contribution in [3.63, 3.8) is 0 Å². The fourth-order valence-corrected chi connectivity index (χ4v) is 1.97. The predicted octanol–water partition coefficient (Wildman–Crippen LogP) is 1.51. The smallest absolute Gasteiger partial charge is 0.224 e. The van der Waals surface area contributed by atoms with Crippen LogP contribution in [0.1, 0.15) is 5.56 Å². The number of likely N-dealkylation sites (N-methyl/N-ethyl adjacent to an activating group) is 1. The van der Waals surface area contributed by atoms with Crippen LogP contribution in [0, 0.1) is 0 Å². The number of hydrogen-bond donors (Lipinski definition) is 1. The Hall–Kier alpha value is -1.23. The van der Waals surface area contributed by atoms with Crippen LogP contribution in [-0.4, -0.2) is 26.2 Å². The van der Waals surface area contributed by atoms with Crippen LogP contribution in [0.2, 0.25) is 0 Å². The van der Waals surface area contributed by atoms with Crippen molar-refractivity contribution >= 4 is 21.8 Å². The molecule has 0 radical (unpaired) electrons. The first-order chi connectivity index (χ1) is 7.70. The number of amides is 1. The Balaban J connectivity index is 2.28. The molecule has 0 atom stereocenters. The van der Waals surface area contributed by atoms with Gasteiger partial charge in [0, 0.05) is 11.5 Å². The van der Waals surface area contributed by atoms with E-state index in [1.165, 1.54) is 0 Å². The minimum absolute atomic E-state index is 0.0302.